The van der Waals surface area contributed by atoms with E-state index in [2.05, 4.69) is 20.2 Å². The Hall–Kier alpha value is -2.35. The molecule has 27 heavy (non-hydrogen) atoms. The summed E-state index contributed by atoms with van der Waals surface area (Å²) in [4.78, 5) is 12.6. The molecular weight excluding hydrogens is 355 g/mol. The van der Waals surface area contributed by atoms with Gasteiger partial charge >= 0.3 is 6.18 Å². The number of alkyl halides is 3. The number of benzene rings is 1. The zero-order chi connectivity index (χ0) is 19.4. The number of piperidine rings is 1. The summed E-state index contributed by atoms with van der Waals surface area (Å²) >= 11 is 0. The van der Waals surface area contributed by atoms with Gasteiger partial charge in [-0.25, -0.2) is 9.97 Å². The maximum Gasteiger partial charge on any atom is 0.416 e. The Morgan fingerprint density at radius 2 is 2.04 bits per heavy atom. The van der Waals surface area contributed by atoms with Crippen molar-refractivity contribution in [3.05, 3.63) is 47.8 Å². The summed E-state index contributed by atoms with van der Waals surface area (Å²) in [5.41, 5.74) is 0.0892. The van der Waals surface area contributed by atoms with E-state index in [0.717, 1.165) is 43.6 Å². The summed E-state index contributed by atoms with van der Waals surface area (Å²) in [5, 5.41) is 3.43. The molecule has 0 aliphatic carbocycles. The highest BCUT2D eigenvalue weighted by Crippen LogP contribution is 2.30. The van der Waals surface area contributed by atoms with Crippen molar-refractivity contribution in [2.45, 2.75) is 31.6 Å². The van der Waals surface area contributed by atoms with Crippen molar-refractivity contribution in [2.24, 2.45) is 0 Å². The lowest BCUT2D eigenvalue weighted by Crippen LogP contribution is -2.41. The third-order valence-corrected chi connectivity index (χ3v) is 4.63. The van der Waals surface area contributed by atoms with Crippen molar-refractivity contribution >= 4 is 11.6 Å². The number of rotatable bonds is 5. The number of anilines is 2. The number of hydrogen-bond acceptors (Lipinski definition) is 5. The number of halogens is 3. The minimum Gasteiger partial charge on any atom is -0.366 e. The molecule has 0 saturated carbocycles. The Morgan fingerprint density at radius 3 is 2.78 bits per heavy atom. The van der Waals surface area contributed by atoms with Crippen molar-refractivity contribution in [1.82, 2.24) is 14.9 Å². The second kappa shape index (κ2) is 8.12. The van der Waals surface area contributed by atoms with E-state index < -0.39 is 11.7 Å². The van der Waals surface area contributed by atoms with Gasteiger partial charge in [-0.15, -0.1) is 0 Å². The first-order valence-corrected chi connectivity index (χ1v) is 8.95. The number of nitrogens with one attached hydrogen (secondary N) is 1. The Bertz CT molecular complexity index is 763. The number of nitrogens with zero attached hydrogens (tertiary/aromatic N) is 4. The second-order valence-electron chi connectivity index (χ2n) is 7.07. The Labute approximate surface area is 157 Å². The van der Waals surface area contributed by atoms with Crippen LogP contribution < -0.4 is 10.2 Å². The highest BCUT2D eigenvalue weighted by atomic mass is 19.4. The van der Waals surface area contributed by atoms with Crippen molar-refractivity contribution in [2.75, 3.05) is 37.4 Å². The molecule has 0 amide bonds. The maximum atomic E-state index is 12.9. The van der Waals surface area contributed by atoms with Gasteiger partial charge in [-0.2, -0.15) is 13.2 Å². The molecule has 1 aliphatic rings. The van der Waals surface area contributed by atoms with E-state index in [4.69, 9.17) is 0 Å². The van der Waals surface area contributed by atoms with E-state index in [-0.39, 0.29) is 6.04 Å². The molecular formula is C19H24F3N5. The van der Waals surface area contributed by atoms with Crippen molar-refractivity contribution < 1.29 is 13.2 Å². The molecule has 1 fully saturated rings. The Balaban J connectivity index is 1.62. The smallest absolute Gasteiger partial charge is 0.366 e. The summed E-state index contributed by atoms with van der Waals surface area (Å²) in [6.07, 6.45) is -0.789. The van der Waals surface area contributed by atoms with Gasteiger partial charge in [0, 0.05) is 39.3 Å². The first kappa shape index (κ1) is 19.4. The van der Waals surface area contributed by atoms with E-state index in [9.17, 15) is 13.2 Å². The van der Waals surface area contributed by atoms with Gasteiger partial charge in [-0.05, 0) is 31.0 Å². The summed E-state index contributed by atoms with van der Waals surface area (Å²) in [6.45, 7) is 2.15. The molecule has 0 bridgehead atoms. The SMILES string of the molecule is CN(C)c1cc(NC2CCCN(Cc3cccc(C(F)(F)F)c3)C2)ncn1. The molecule has 3 rings (SSSR count). The molecule has 2 heterocycles. The Morgan fingerprint density at radius 1 is 1.22 bits per heavy atom. The second-order valence-corrected chi connectivity index (χ2v) is 7.07. The maximum absolute atomic E-state index is 12.9. The van der Waals surface area contributed by atoms with Crippen LogP contribution in [0.3, 0.4) is 0 Å². The molecule has 1 N–H and O–H groups in total. The zero-order valence-corrected chi connectivity index (χ0v) is 15.5. The summed E-state index contributed by atoms with van der Waals surface area (Å²) in [6, 6.07) is 7.68. The highest BCUT2D eigenvalue weighted by Gasteiger charge is 2.30. The molecule has 146 valence electrons. The lowest BCUT2D eigenvalue weighted by Gasteiger charge is -2.33. The van der Waals surface area contributed by atoms with Crippen molar-refractivity contribution in [3.8, 4) is 0 Å². The van der Waals surface area contributed by atoms with Gasteiger partial charge < -0.3 is 10.2 Å². The fourth-order valence-corrected chi connectivity index (χ4v) is 3.30. The zero-order valence-electron chi connectivity index (χ0n) is 15.5. The molecule has 1 atom stereocenters. The quantitative estimate of drug-likeness (QED) is 0.859. The standard InChI is InChI=1S/C19H24F3N5/c1-26(2)18-10-17(23-13-24-18)25-16-7-4-8-27(12-16)11-14-5-3-6-15(9-14)19(20,21)22/h3,5-6,9-10,13,16H,4,7-8,11-12H2,1-2H3,(H,23,24,25). The normalized spacial score (nSPS) is 18.3. The number of aromatic nitrogens is 2. The van der Waals surface area contributed by atoms with E-state index >= 15 is 0 Å². The number of likely N-dealkylation sites (tertiary alicyclic amines) is 1. The molecule has 1 aliphatic heterocycles. The molecule has 5 nitrogen and oxygen atoms in total. The molecule has 1 saturated heterocycles. The predicted molar refractivity (Wildman–Crippen MR) is 99.7 cm³/mol. The van der Waals surface area contributed by atoms with Crippen molar-refractivity contribution in [3.63, 3.8) is 0 Å². The van der Waals surface area contributed by atoms with Crippen LogP contribution in [0.5, 0.6) is 0 Å². The molecule has 0 radical (unpaired) electrons. The minimum atomic E-state index is -4.31. The van der Waals surface area contributed by atoms with Crippen LogP contribution in [0, 0.1) is 0 Å². The Kier molecular flexibility index (Phi) is 5.84. The average Bonchev–Trinajstić information content (AvgIpc) is 2.62. The monoisotopic (exact) mass is 379 g/mol. The highest BCUT2D eigenvalue weighted by molar-refractivity contribution is 5.47. The van der Waals surface area contributed by atoms with Crippen LogP contribution in [0.4, 0.5) is 24.8 Å². The van der Waals surface area contributed by atoms with Gasteiger partial charge in [-0.1, -0.05) is 18.2 Å². The average molecular weight is 379 g/mol. The van der Waals surface area contributed by atoms with Gasteiger partial charge in [0.05, 0.1) is 5.56 Å². The van der Waals surface area contributed by atoms with Crippen LogP contribution >= 0.6 is 0 Å². The van der Waals surface area contributed by atoms with Gasteiger partial charge in [0.2, 0.25) is 0 Å². The molecule has 1 unspecified atom stereocenters. The summed E-state index contributed by atoms with van der Waals surface area (Å²) < 4.78 is 38.7. The van der Waals surface area contributed by atoms with E-state index in [1.165, 1.54) is 18.5 Å². The lowest BCUT2D eigenvalue weighted by atomic mass is 10.0. The van der Waals surface area contributed by atoms with Gasteiger partial charge in [-0.3, -0.25) is 4.90 Å². The van der Waals surface area contributed by atoms with Gasteiger partial charge in [0.25, 0.3) is 0 Å². The summed E-state index contributed by atoms with van der Waals surface area (Å²) in [7, 11) is 3.84. The van der Waals surface area contributed by atoms with Gasteiger partial charge in [0.1, 0.15) is 18.0 Å². The molecule has 8 heteroatoms. The fourth-order valence-electron chi connectivity index (χ4n) is 3.30. The van der Waals surface area contributed by atoms with E-state index in [0.29, 0.717) is 12.1 Å². The third kappa shape index (κ3) is 5.32. The van der Waals surface area contributed by atoms with Crippen LogP contribution in [0.2, 0.25) is 0 Å². The van der Waals surface area contributed by atoms with Crippen LogP contribution in [0.25, 0.3) is 0 Å². The first-order valence-electron chi connectivity index (χ1n) is 8.95. The third-order valence-electron chi connectivity index (χ3n) is 4.63. The molecule has 1 aromatic heterocycles. The van der Waals surface area contributed by atoms with Gasteiger partial charge in [0.15, 0.2) is 0 Å². The lowest BCUT2D eigenvalue weighted by molar-refractivity contribution is -0.137. The number of hydrogen-bond donors (Lipinski definition) is 1. The molecule has 1 aromatic carbocycles. The summed E-state index contributed by atoms with van der Waals surface area (Å²) in [5.74, 6) is 1.59. The van der Waals surface area contributed by atoms with E-state index in [1.54, 1.807) is 6.07 Å². The fraction of sp³-hybridized carbons (Fsp3) is 0.474. The van der Waals surface area contributed by atoms with Crippen LogP contribution in [-0.4, -0.2) is 48.1 Å². The van der Waals surface area contributed by atoms with E-state index in [1.807, 2.05) is 25.1 Å². The largest absolute Gasteiger partial charge is 0.416 e. The van der Waals surface area contributed by atoms with Crippen molar-refractivity contribution in [1.29, 1.82) is 0 Å². The van der Waals surface area contributed by atoms with Crippen LogP contribution in [0.1, 0.15) is 24.0 Å². The topological polar surface area (TPSA) is 44.3 Å². The molecule has 2 aromatic rings. The predicted octanol–water partition coefficient (Wildman–Crippen LogP) is 3.64. The first-order chi connectivity index (χ1) is 12.8. The van der Waals surface area contributed by atoms with Crippen LogP contribution in [-0.2, 0) is 12.7 Å². The van der Waals surface area contributed by atoms with Crippen LogP contribution in [0.15, 0.2) is 36.7 Å². The molecule has 0 spiro atoms. The minimum absolute atomic E-state index is 0.203.